The highest BCUT2D eigenvalue weighted by atomic mass is 16.3. The Morgan fingerprint density at radius 1 is 1.50 bits per heavy atom. The summed E-state index contributed by atoms with van der Waals surface area (Å²) in [7, 11) is 0. The van der Waals surface area contributed by atoms with Gasteiger partial charge in [0.1, 0.15) is 11.3 Å². The first kappa shape index (κ1) is 12.1. The highest BCUT2D eigenvalue weighted by molar-refractivity contribution is 5.74. The van der Waals surface area contributed by atoms with Crippen LogP contribution in [0, 0.1) is 11.3 Å². The summed E-state index contributed by atoms with van der Waals surface area (Å²) in [6, 6.07) is 8.65. The Morgan fingerprint density at radius 2 is 2.06 bits per heavy atom. The van der Waals surface area contributed by atoms with Crippen LogP contribution in [0.1, 0.15) is 19.4 Å². The number of amides is 1. The summed E-state index contributed by atoms with van der Waals surface area (Å²) in [5, 5.41) is 20.8. The van der Waals surface area contributed by atoms with E-state index >= 15 is 0 Å². The summed E-state index contributed by atoms with van der Waals surface area (Å²) in [6.45, 7) is 3.05. The van der Waals surface area contributed by atoms with Gasteiger partial charge in [-0.15, -0.1) is 0 Å². The molecule has 0 radical (unpaired) electrons. The molecule has 0 aromatic heterocycles. The van der Waals surface area contributed by atoms with Gasteiger partial charge in [0.25, 0.3) is 0 Å². The Kier molecular flexibility index (Phi) is 3.51. The SMILES string of the molecule is CC(=O)N[C@@](C)(C#N)Cc1ccc(O)cc1. The van der Waals surface area contributed by atoms with Gasteiger partial charge in [-0.3, -0.25) is 4.79 Å². The van der Waals surface area contributed by atoms with Crippen molar-refractivity contribution in [3.05, 3.63) is 29.8 Å². The molecular formula is C12H14N2O2. The standard InChI is InChI=1S/C12H14N2O2/c1-9(15)14-12(2,8-13)7-10-3-5-11(16)6-4-10/h3-6,16H,7H2,1-2H3,(H,14,15)/t12-/m1/s1. The van der Waals surface area contributed by atoms with Gasteiger partial charge >= 0.3 is 0 Å². The quantitative estimate of drug-likeness (QED) is 0.804. The Bertz CT molecular complexity index is 420. The van der Waals surface area contributed by atoms with Crippen molar-refractivity contribution in [3.63, 3.8) is 0 Å². The van der Waals surface area contributed by atoms with Gasteiger partial charge in [0.15, 0.2) is 0 Å². The van der Waals surface area contributed by atoms with Crippen LogP contribution in [-0.4, -0.2) is 16.6 Å². The topological polar surface area (TPSA) is 73.1 Å². The number of aromatic hydroxyl groups is 1. The second-order valence-corrected chi connectivity index (χ2v) is 3.97. The Hall–Kier alpha value is -2.02. The lowest BCUT2D eigenvalue weighted by Crippen LogP contribution is -2.45. The number of hydrogen-bond donors (Lipinski definition) is 2. The maximum atomic E-state index is 11.0. The largest absolute Gasteiger partial charge is 0.508 e. The smallest absolute Gasteiger partial charge is 0.218 e. The number of phenolic OH excluding ortho intramolecular Hbond substituents is 1. The Balaban J connectivity index is 2.81. The average molecular weight is 218 g/mol. The van der Waals surface area contributed by atoms with E-state index in [-0.39, 0.29) is 11.7 Å². The number of carbonyl (C=O) groups is 1. The van der Waals surface area contributed by atoms with Gasteiger partial charge in [0.05, 0.1) is 6.07 Å². The highest BCUT2D eigenvalue weighted by Gasteiger charge is 2.24. The molecule has 0 fully saturated rings. The van der Waals surface area contributed by atoms with Crippen molar-refractivity contribution in [3.8, 4) is 11.8 Å². The number of nitrogens with zero attached hydrogens (tertiary/aromatic N) is 1. The Morgan fingerprint density at radius 3 is 2.50 bits per heavy atom. The first-order chi connectivity index (χ1) is 7.45. The van der Waals surface area contributed by atoms with Crippen molar-refractivity contribution >= 4 is 5.91 Å². The molecule has 4 nitrogen and oxygen atoms in total. The van der Waals surface area contributed by atoms with Gasteiger partial charge in [0.2, 0.25) is 5.91 Å². The molecule has 1 aromatic rings. The maximum absolute atomic E-state index is 11.0. The normalized spacial score (nSPS) is 13.6. The highest BCUT2D eigenvalue weighted by Crippen LogP contribution is 2.15. The van der Waals surface area contributed by atoms with Crippen LogP contribution < -0.4 is 5.32 Å². The number of carbonyl (C=O) groups excluding carboxylic acids is 1. The van der Waals surface area contributed by atoms with Gasteiger partial charge < -0.3 is 10.4 Å². The summed E-state index contributed by atoms with van der Waals surface area (Å²) in [5.74, 6) is -0.0511. The van der Waals surface area contributed by atoms with E-state index in [0.29, 0.717) is 6.42 Å². The third-order valence-corrected chi connectivity index (χ3v) is 2.19. The molecule has 0 heterocycles. The van der Waals surface area contributed by atoms with Gasteiger partial charge in [0, 0.05) is 13.3 Å². The lowest BCUT2D eigenvalue weighted by atomic mass is 9.94. The van der Waals surface area contributed by atoms with E-state index in [1.54, 1.807) is 31.2 Å². The van der Waals surface area contributed by atoms with E-state index in [1.165, 1.54) is 6.92 Å². The summed E-state index contributed by atoms with van der Waals surface area (Å²) in [6.07, 6.45) is 0.406. The van der Waals surface area contributed by atoms with Crippen LogP contribution in [0.4, 0.5) is 0 Å². The zero-order valence-electron chi connectivity index (χ0n) is 9.32. The monoisotopic (exact) mass is 218 g/mol. The maximum Gasteiger partial charge on any atom is 0.218 e. The lowest BCUT2D eigenvalue weighted by molar-refractivity contribution is -0.120. The molecule has 0 aliphatic heterocycles. The third-order valence-electron chi connectivity index (χ3n) is 2.19. The lowest BCUT2D eigenvalue weighted by Gasteiger charge is -2.22. The fourth-order valence-corrected chi connectivity index (χ4v) is 1.52. The third kappa shape index (κ3) is 3.28. The molecule has 0 unspecified atom stereocenters. The number of benzene rings is 1. The van der Waals surface area contributed by atoms with Crippen LogP contribution in [0.2, 0.25) is 0 Å². The van der Waals surface area contributed by atoms with E-state index in [1.807, 2.05) is 0 Å². The molecule has 1 aromatic carbocycles. The second kappa shape index (κ2) is 4.67. The minimum atomic E-state index is -0.914. The average Bonchev–Trinajstić information content (AvgIpc) is 2.20. The number of hydrogen-bond acceptors (Lipinski definition) is 3. The first-order valence-electron chi connectivity index (χ1n) is 4.93. The van der Waals surface area contributed by atoms with E-state index in [9.17, 15) is 4.79 Å². The summed E-state index contributed by atoms with van der Waals surface area (Å²) >= 11 is 0. The molecular weight excluding hydrogens is 204 g/mol. The molecule has 0 bridgehead atoms. The van der Waals surface area contributed by atoms with Gasteiger partial charge in [-0.05, 0) is 24.6 Å². The zero-order valence-corrected chi connectivity index (χ0v) is 9.32. The number of phenols is 1. The second-order valence-electron chi connectivity index (χ2n) is 3.97. The van der Waals surface area contributed by atoms with E-state index in [0.717, 1.165) is 5.56 Å². The Labute approximate surface area is 94.5 Å². The molecule has 0 saturated heterocycles. The molecule has 1 atom stereocenters. The van der Waals surface area contributed by atoms with Gasteiger partial charge in [-0.1, -0.05) is 12.1 Å². The minimum Gasteiger partial charge on any atom is -0.508 e. The fraction of sp³-hybridized carbons (Fsp3) is 0.333. The molecule has 4 heteroatoms. The summed E-state index contributed by atoms with van der Waals surface area (Å²) < 4.78 is 0. The zero-order chi connectivity index (χ0) is 12.2. The molecule has 2 N–H and O–H groups in total. The molecule has 0 spiro atoms. The van der Waals surface area contributed by atoms with Crippen molar-refractivity contribution in [1.29, 1.82) is 5.26 Å². The van der Waals surface area contributed by atoms with Crippen molar-refractivity contribution in [2.75, 3.05) is 0 Å². The number of rotatable bonds is 3. The molecule has 0 aliphatic rings. The van der Waals surface area contributed by atoms with Crippen molar-refractivity contribution in [2.24, 2.45) is 0 Å². The predicted molar refractivity (Wildman–Crippen MR) is 59.6 cm³/mol. The minimum absolute atomic E-state index is 0.182. The molecule has 1 amide bonds. The van der Waals surface area contributed by atoms with Gasteiger partial charge in [-0.2, -0.15) is 5.26 Å². The summed E-state index contributed by atoms with van der Waals surface area (Å²) in [4.78, 5) is 11.0. The molecule has 16 heavy (non-hydrogen) atoms. The van der Waals surface area contributed by atoms with E-state index in [4.69, 9.17) is 10.4 Å². The van der Waals surface area contributed by atoms with E-state index in [2.05, 4.69) is 11.4 Å². The van der Waals surface area contributed by atoms with E-state index < -0.39 is 5.54 Å². The molecule has 0 saturated carbocycles. The van der Waals surface area contributed by atoms with Crippen LogP contribution in [0.5, 0.6) is 5.75 Å². The molecule has 0 aliphatic carbocycles. The van der Waals surface area contributed by atoms with Crippen LogP contribution in [0.3, 0.4) is 0 Å². The fourth-order valence-electron chi connectivity index (χ4n) is 1.52. The van der Waals surface area contributed by atoms with Crippen LogP contribution >= 0.6 is 0 Å². The van der Waals surface area contributed by atoms with Crippen LogP contribution in [0.15, 0.2) is 24.3 Å². The van der Waals surface area contributed by atoms with Crippen molar-refractivity contribution < 1.29 is 9.90 Å². The number of nitrogens with one attached hydrogen (secondary N) is 1. The molecule has 1 rings (SSSR count). The molecule has 84 valence electrons. The summed E-state index contributed by atoms with van der Waals surface area (Å²) in [5.41, 5.74) is -0.0291. The predicted octanol–water partition coefficient (Wildman–Crippen LogP) is 1.35. The van der Waals surface area contributed by atoms with Crippen molar-refractivity contribution in [2.45, 2.75) is 25.8 Å². The number of nitriles is 1. The van der Waals surface area contributed by atoms with Gasteiger partial charge in [-0.25, -0.2) is 0 Å². The first-order valence-corrected chi connectivity index (χ1v) is 4.93. The van der Waals surface area contributed by atoms with Crippen LogP contribution in [0.25, 0.3) is 0 Å². The van der Waals surface area contributed by atoms with Crippen molar-refractivity contribution in [1.82, 2.24) is 5.32 Å². The van der Waals surface area contributed by atoms with Crippen LogP contribution in [-0.2, 0) is 11.2 Å².